The van der Waals surface area contributed by atoms with E-state index in [0.29, 0.717) is 19.4 Å². The molecule has 0 aliphatic carbocycles. The zero-order valence-corrected chi connectivity index (χ0v) is 7.92. The lowest BCUT2D eigenvalue weighted by atomic mass is 10.2. The van der Waals surface area contributed by atoms with E-state index in [1.165, 1.54) is 0 Å². The normalized spacial score (nSPS) is 11.8. The molecule has 0 saturated heterocycles. The molecular weight excluding hydrogens is 194 g/mol. The summed E-state index contributed by atoms with van der Waals surface area (Å²) in [7, 11) is 0. The van der Waals surface area contributed by atoms with Crippen molar-refractivity contribution in [2.75, 3.05) is 6.54 Å². The first-order chi connectivity index (χ1) is 6.07. The van der Waals surface area contributed by atoms with Crippen LogP contribution in [0.3, 0.4) is 0 Å². The number of nitrogens with two attached hydrogens (primary N) is 2. The largest absolute Gasteiger partial charge is 0.393 e. The summed E-state index contributed by atoms with van der Waals surface area (Å²) in [5.74, 6) is -0.581. The fraction of sp³-hybridized carbons (Fsp3) is 0.667. The van der Waals surface area contributed by atoms with E-state index in [9.17, 15) is 9.59 Å². The van der Waals surface area contributed by atoms with E-state index in [1.807, 2.05) is 0 Å². The minimum absolute atomic E-state index is 0.392. The van der Waals surface area contributed by atoms with Gasteiger partial charge in [0, 0.05) is 19.5 Å². The molecular formula is C6H13N3O3S. The third-order valence-electron chi connectivity index (χ3n) is 1.38. The summed E-state index contributed by atoms with van der Waals surface area (Å²) in [5, 5.41) is 2.37. The van der Waals surface area contributed by atoms with Crippen molar-refractivity contribution >= 4 is 24.9 Å². The van der Waals surface area contributed by atoms with Gasteiger partial charge in [-0.3, -0.25) is 0 Å². The second-order valence-electron chi connectivity index (χ2n) is 2.45. The summed E-state index contributed by atoms with van der Waals surface area (Å²) < 4.78 is 4.11. The Kier molecular flexibility index (Phi) is 6.07. The number of thiol groups is 1. The van der Waals surface area contributed by atoms with Gasteiger partial charge in [0.25, 0.3) is 0 Å². The maximum Gasteiger partial charge on any atom is 0.334 e. The van der Waals surface area contributed by atoms with E-state index in [1.54, 1.807) is 0 Å². The van der Waals surface area contributed by atoms with Gasteiger partial charge in [0.05, 0.1) is 0 Å². The Bertz CT molecular complexity index is 188. The van der Waals surface area contributed by atoms with Crippen molar-refractivity contribution in [2.45, 2.75) is 18.9 Å². The topological polar surface area (TPSA) is 107 Å². The molecule has 2 amide bonds. The molecule has 7 heteroatoms. The fourth-order valence-electron chi connectivity index (χ4n) is 0.719. The molecule has 0 aliphatic heterocycles. The van der Waals surface area contributed by atoms with Crippen LogP contribution in [0.15, 0.2) is 0 Å². The molecule has 0 fully saturated rings. The molecule has 0 spiro atoms. The fourth-order valence-corrected chi connectivity index (χ4v) is 0.855. The van der Waals surface area contributed by atoms with Gasteiger partial charge in [-0.05, 0) is 12.8 Å². The summed E-state index contributed by atoms with van der Waals surface area (Å²) in [6.07, 6.45) is 0.979. The second kappa shape index (κ2) is 6.55. The molecule has 0 rings (SSSR count). The third-order valence-corrected chi connectivity index (χ3v) is 1.56. The number of rotatable bonds is 5. The average molecular weight is 207 g/mol. The number of amides is 2. The monoisotopic (exact) mass is 207 g/mol. The molecule has 0 heterocycles. The van der Waals surface area contributed by atoms with E-state index in [4.69, 9.17) is 11.5 Å². The average Bonchev–Trinajstić information content (AvgIpc) is 2.10. The molecule has 0 aromatic carbocycles. The predicted octanol–water partition coefficient (Wildman–Crippen LogP) is -0.850. The maximum atomic E-state index is 10.7. The van der Waals surface area contributed by atoms with E-state index >= 15 is 0 Å². The van der Waals surface area contributed by atoms with Crippen molar-refractivity contribution in [1.29, 1.82) is 0 Å². The summed E-state index contributed by atoms with van der Waals surface area (Å²) in [6, 6.07) is -1.29. The Morgan fingerprint density at radius 2 is 2.15 bits per heavy atom. The second-order valence-corrected chi connectivity index (χ2v) is 2.63. The van der Waals surface area contributed by atoms with Crippen molar-refractivity contribution in [1.82, 2.24) is 5.32 Å². The van der Waals surface area contributed by atoms with Crippen LogP contribution in [0.25, 0.3) is 0 Å². The van der Waals surface area contributed by atoms with Crippen LogP contribution in [-0.4, -0.2) is 24.6 Å². The van der Waals surface area contributed by atoms with Crippen LogP contribution in [0.5, 0.6) is 0 Å². The van der Waals surface area contributed by atoms with Gasteiger partial charge < -0.3 is 21.0 Å². The molecule has 0 saturated carbocycles. The minimum atomic E-state index is -0.702. The number of primary amides is 1. The lowest BCUT2D eigenvalue weighted by Gasteiger charge is -2.07. The van der Waals surface area contributed by atoms with Gasteiger partial charge >= 0.3 is 12.0 Å². The highest BCUT2D eigenvalue weighted by Crippen LogP contribution is 1.97. The number of hydrogen-bond acceptors (Lipinski definition) is 5. The molecule has 76 valence electrons. The van der Waals surface area contributed by atoms with Crippen LogP contribution in [0.1, 0.15) is 12.8 Å². The zero-order chi connectivity index (χ0) is 10.3. The standard InChI is InChI=1S/C6H13N3O3S/c7-4(5(10)12-13)2-1-3-9-6(8)11/h4,13H,1-3,7H2,(H3,8,9,11)/t4-/m0/s1. The molecule has 0 aromatic heterocycles. The minimum Gasteiger partial charge on any atom is -0.393 e. The predicted molar refractivity (Wildman–Crippen MR) is 49.9 cm³/mol. The van der Waals surface area contributed by atoms with Crippen molar-refractivity contribution in [3.05, 3.63) is 0 Å². The van der Waals surface area contributed by atoms with Gasteiger partial charge in [-0.2, -0.15) is 0 Å². The first-order valence-electron chi connectivity index (χ1n) is 3.72. The van der Waals surface area contributed by atoms with E-state index < -0.39 is 18.0 Å². The summed E-state index contributed by atoms with van der Waals surface area (Å²) in [6.45, 7) is 0.392. The van der Waals surface area contributed by atoms with Crippen LogP contribution in [-0.2, 0) is 8.98 Å². The smallest absolute Gasteiger partial charge is 0.334 e. The Morgan fingerprint density at radius 3 is 2.62 bits per heavy atom. The van der Waals surface area contributed by atoms with Gasteiger partial charge in [0.2, 0.25) is 0 Å². The summed E-state index contributed by atoms with van der Waals surface area (Å²) in [4.78, 5) is 20.9. The first kappa shape index (κ1) is 12.0. The molecule has 0 radical (unpaired) electrons. The van der Waals surface area contributed by atoms with Crippen LogP contribution in [0.4, 0.5) is 4.79 Å². The highest BCUT2D eigenvalue weighted by atomic mass is 32.1. The Hall–Kier alpha value is -0.950. The first-order valence-corrected chi connectivity index (χ1v) is 4.08. The molecule has 6 nitrogen and oxygen atoms in total. The Labute approximate surface area is 81.6 Å². The van der Waals surface area contributed by atoms with Gasteiger partial charge in [0.1, 0.15) is 6.04 Å². The highest BCUT2D eigenvalue weighted by molar-refractivity contribution is 7.75. The SMILES string of the molecule is NC(=O)NCCC[C@H](N)C(=O)OS. The van der Waals surface area contributed by atoms with Gasteiger partial charge in [-0.1, -0.05) is 0 Å². The van der Waals surface area contributed by atoms with Gasteiger partial charge in [0.15, 0.2) is 0 Å². The third kappa shape index (κ3) is 6.23. The van der Waals surface area contributed by atoms with Crippen molar-refractivity contribution < 1.29 is 13.8 Å². The lowest BCUT2D eigenvalue weighted by molar-refractivity contribution is -0.134. The van der Waals surface area contributed by atoms with Crippen LogP contribution >= 0.6 is 12.9 Å². The number of urea groups is 1. The maximum absolute atomic E-state index is 10.7. The molecule has 0 aromatic rings. The van der Waals surface area contributed by atoms with Gasteiger partial charge in [-0.15, -0.1) is 0 Å². The molecule has 5 N–H and O–H groups in total. The number of carbonyl (C=O) groups excluding carboxylic acids is 2. The van der Waals surface area contributed by atoms with Crippen molar-refractivity contribution in [3.63, 3.8) is 0 Å². The van der Waals surface area contributed by atoms with Crippen molar-refractivity contribution in [3.8, 4) is 0 Å². The van der Waals surface area contributed by atoms with Crippen molar-refractivity contribution in [2.24, 2.45) is 11.5 Å². The molecule has 1 atom stereocenters. The number of nitrogens with one attached hydrogen (secondary N) is 1. The number of hydrogen-bond donors (Lipinski definition) is 4. The Balaban J connectivity index is 3.42. The zero-order valence-electron chi connectivity index (χ0n) is 7.03. The van der Waals surface area contributed by atoms with E-state index in [0.717, 1.165) is 0 Å². The summed E-state index contributed by atoms with van der Waals surface area (Å²) in [5.41, 5.74) is 10.2. The van der Waals surface area contributed by atoms with Crippen LogP contribution in [0, 0.1) is 0 Å². The number of carbonyl (C=O) groups is 2. The highest BCUT2D eigenvalue weighted by Gasteiger charge is 2.13. The molecule has 0 bridgehead atoms. The quantitative estimate of drug-likeness (QED) is 0.267. The van der Waals surface area contributed by atoms with Crippen LogP contribution < -0.4 is 16.8 Å². The van der Waals surface area contributed by atoms with Gasteiger partial charge in [-0.25, -0.2) is 9.59 Å². The van der Waals surface area contributed by atoms with Crippen LogP contribution in [0.2, 0.25) is 0 Å². The Morgan fingerprint density at radius 1 is 1.54 bits per heavy atom. The van der Waals surface area contributed by atoms with E-state index in [-0.39, 0.29) is 0 Å². The lowest BCUT2D eigenvalue weighted by Crippen LogP contribution is -2.34. The molecule has 13 heavy (non-hydrogen) atoms. The van der Waals surface area contributed by atoms with E-state index in [2.05, 4.69) is 22.4 Å². The molecule has 0 aliphatic rings. The summed E-state index contributed by atoms with van der Waals surface area (Å²) >= 11 is 3.31. The molecule has 0 unspecified atom stereocenters.